The topological polar surface area (TPSA) is 213 Å². The molecule has 248 valence electrons. The van der Waals surface area contributed by atoms with Gasteiger partial charge in [0.2, 0.25) is 10.0 Å². The smallest absolute Gasteiger partial charge is 0.341 e. The van der Waals surface area contributed by atoms with Crippen LogP contribution in [0.25, 0.3) is 0 Å². The molecule has 2 aromatic carbocycles. The number of carbonyl (C=O) groups is 2. The van der Waals surface area contributed by atoms with Gasteiger partial charge >= 0.3 is 11.9 Å². The van der Waals surface area contributed by atoms with Gasteiger partial charge in [0.05, 0.1) is 6.10 Å². The van der Waals surface area contributed by atoms with Crippen molar-refractivity contribution < 1.29 is 57.8 Å². The van der Waals surface area contributed by atoms with Crippen molar-refractivity contribution in [2.45, 2.75) is 74.6 Å². The number of pyridine rings is 1. The molecule has 1 aliphatic heterocycles. The third-order valence-electron chi connectivity index (χ3n) is 7.62. The minimum absolute atomic E-state index is 0.000564. The number of sulfonamides is 1. The van der Waals surface area contributed by atoms with Crippen LogP contribution in [0, 0.1) is 0 Å². The molecule has 4 rings (SSSR count). The van der Waals surface area contributed by atoms with Crippen molar-refractivity contribution in [3.63, 3.8) is 0 Å². The second kappa shape index (κ2) is 15.1. The minimum atomic E-state index is -4.02. The van der Waals surface area contributed by atoms with Crippen LogP contribution in [0.2, 0.25) is 0 Å². The number of nitrogens with zero attached hydrogens (tertiary/aromatic N) is 2. The van der Waals surface area contributed by atoms with Gasteiger partial charge in [-0.15, -0.1) is 0 Å². The Morgan fingerprint density at radius 1 is 0.935 bits per heavy atom. The van der Waals surface area contributed by atoms with Crippen molar-refractivity contribution in [2.75, 3.05) is 6.61 Å². The van der Waals surface area contributed by atoms with E-state index in [2.05, 4.69) is 4.98 Å². The molecular formula is C31H36N2O12S. The van der Waals surface area contributed by atoms with Gasteiger partial charge in [-0.05, 0) is 47.9 Å². The van der Waals surface area contributed by atoms with Crippen molar-refractivity contribution in [1.82, 2.24) is 9.29 Å². The monoisotopic (exact) mass is 660 g/mol. The number of aliphatic hydroxyl groups is 3. The van der Waals surface area contributed by atoms with E-state index in [4.69, 9.17) is 19.3 Å². The van der Waals surface area contributed by atoms with E-state index >= 15 is 0 Å². The van der Waals surface area contributed by atoms with E-state index < -0.39 is 65.4 Å². The first-order valence-electron chi connectivity index (χ1n) is 14.3. The van der Waals surface area contributed by atoms with Gasteiger partial charge in [0, 0.05) is 31.4 Å². The zero-order valence-corrected chi connectivity index (χ0v) is 25.8. The number of ether oxygens (including phenoxy) is 3. The summed E-state index contributed by atoms with van der Waals surface area (Å²) in [4.78, 5) is 26.3. The summed E-state index contributed by atoms with van der Waals surface area (Å²) < 4.78 is 44.9. The predicted octanol–water partition coefficient (Wildman–Crippen LogP) is 1.34. The third-order valence-corrected chi connectivity index (χ3v) is 9.40. The molecule has 0 aliphatic carbocycles. The number of hydrogen-bond acceptors (Lipinski definition) is 11. The summed E-state index contributed by atoms with van der Waals surface area (Å²) in [6.45, 7) is 2.90. The first-order valence-corrected chi connectivity index (χ1v) is 15.7. The molecule has 0 spiro atoms. The lowest BCUT2D eigenvalue weighted by Crippen LogP contribution is -2.60. The molecule has 1 aliphatic rings. The first-order chi connectivity index (χ1) is 21.8. The van der Waals surface area contributed by atoms with Gasteiger partial charge in [-0.3, -0.25) is 4.98 Å². The van der Waals surface area contributed by atoms with E-state index in [1.807, 2.05) is 6.92 Å². The Morgan fingerprint density at radius 2 is 1.63 bits per heavy atom. The van der Waals surface area contributed by atoms with Crippen LogP contribution in [0.15, 0.2) is 78.0 Å². The number of aliphatic hydroxyl groups excluding tert-OH is 3. The second-order valence-corrected chi connectivity index (χ2v) is 12.8. The average Bonchev–Trinajstić information content (AvgIpc) is 3.04. The van der Waals surface area contributed by atoms with Gasteiger partial charge in [0.1, 0.15) is 29.0 Å². The van der Waals surface area contributed by atoms with Crippen molar-refractivity contribution in [1.29, 1.82) is 0 Å². The Labute approximate surface area is 265 Å². The number of aliphatic carboxylic acids is 2. The first kappa shape index (κ1) is 34.9. The van der Waals surface area contributed by atoms with Crippen LogP contribution in [-0.2, 0) is 42.2 Å². The van der Waals surface area contributed by atoms with Crippen LogP contribution >= 0.6 is 0 Å². The van der Waals surface area contributed by atoms with Crippen molar-refractivity contribution in [2.24, 2.45) is 0 Å². The van der Waals surface area contributed by atoms with Crippen LogP contribution < -0.4 is 4.74 Å². The summed E-state index contributed by atoms with van der Waals surface area (Å²) >= 11 is 0. The molecule has 0 saturated carbocycles. The van der Waals surface area contributed by atoms with Crippen LogP contribution in [0.1, 0.15) is 36.5 Å². The van der Waals surface area contributed by atoms with Crippen LogP contribution in [-0.4, -0.2) is 98.6 Å². The van der Waals surface area contributed by atoms with Gasteiger partial charge in [-0.2, -0.15) is 4.31 Å². The number of benzene rings is 2. The fourth-order valence-corrected chi connectivity index (χ4v) is 6.23. The van der Waals surface area contributed by atoms with Crippen molar-refractivity contribution >= 4 is 22.0 Å². The largest absolute Gasteiger partial charge is 0.482 e. The highest BCUT2D eigenvalue weighted by Crippen LogP contribution is 2.29. The molecule has 1 saturated heterocycles. The molecule has 0 bridgehead atoms. The zero-order valence-electron chi connectivity index (χ0n) is 25.0. The average molecular weight is 661 g/mol. The molecule has 14 nitrogen and oxygen atoms in total. The van der Waals surface area contributed by atoms with E-state index in [0.717, 1.165) is 5.56 Å². The van der Waals surface area contributed by atoms with Gasteiger partial charge < -0.3 is 39.7 Å². The molecule has 0 amide bonds. The molecule has 2 heterocycles. The fraction of sp³-hybridized carbons (Fsp3) is 0.387. The van der Waals surface area contributed by atoms with Crippen molar-refractivity contribution in [3.05, 3.63) is 89.7 Å². The number of hydrogen-bond donors (Lipinski definition) is 5. The molecule has 1 aromatic heterocycles. The molecule has 3 unspecified atom stereocenters. The normalized spacial score (nSPS) is 23.0. The second-order valence-electron chi connectivity index (χ2n) is 10.9. The molecule has 15 heteroatoms. The van der Waals surface area contributed by atoms with Gasteiger partial charge in [-0.1, -0.05) is 43.3 Å². The molecule has 5 N–H and O–H groups in total. The lowest BCUT2D eigenvalue weighted by Gasteiger charge is -2.40. The molecule has 1 fully saturated rings. The van der Waals surface area contributed by atoms with Crippen LogP contribution in [0.5, 0.6) is 5.75 Å². The van der Waals surface area contributed by atoms with E-state index in [-0.39, 0.29) is 29.7 Å². The van der Waals surface area contributed by atoms with E-state index in [9.17, 15) is 38.4 Å². The van der Waals surface area contributed by atoms with E-state index in [1.54, 1.807) is 55.5 Å². The highest BCUT2D eigenvalue weighted by atomic mass is 32.2. The van der Waals surface area contributed by atoms with Crippen LogP contribution in [0.4, 0.5) is 0 Å². The Morgan fingerprint density at radius 3 is 2.26 bits per heavy atom. The predicted molar refractivity (Wildman–Crippen MR) is 160 cm³/mol. The fourth-order valence-electron chi connectivity index (χ4n) is 4.85. The highest BCUT2D eigenvalue weighted by Gasteiger charge is 2.48. The Balaban J connectivity index is 1.50. The molecular weight excluding hydrogens is 624 g/mol. The quantitative estimate of drug-likeness (QED) is 0.165. The maximum absolute atomic E-state index is 13.7. The molecule has 46 heavy (non-hydrogen) atoms. The lowest BCUT2D eigenvalue weighted by molar-refractivity contribution is -0.304. The summed E-state index contributed by atoms with van der Waals surface area (Å²) in [5.74, 6) is -2.69. The number of aromatic nitrogens is 1. The van der Waals surface area contributed by atoms with Gasteiger partial charge in [0.15, 0.2) is 19.0 Å². The summed E-state index contributed by atoms with van der Waals surface area (Å²) in [5, 5.41) is 48.5. The maximum Gasteiger partial charge on any atom is 0.341 e. The standard InChI is InChI=1S/C31H36N2O12S/c1-18(19(2)44-31-28(38)26(36)27(37)29(45-31)30(39)40)22-10-8-20(9-11-22)15-33(46(41,42)24-7-4-12-32-14-24)16-21-5-3-6-23(13-21)43-17-25(34)35/h3-14,18-19,26-29,31,36-38H,15-17H2,1-2H3,(H,34,35)(H,39,40)/t18?,19?,26-,27-,28+,29-,31?/m0/s1. The lowest BCUT2D eigenvalue weighted by atomic mass is 9.94. The third kappa shape index (κ3) is 8.44. The summed E-state index contributed by atoms with van der Waals surface area (Å²) in [7, 11) is -4.02. The van der Waals surface area contributed by atoms with Crippen molar-refractivity contribution in [3.8, 4) is 5.75 Å². The van der Waals surface area contributed by atoms with E-state index in [0.29, 0.717) is 11.1 Å². The van der Waals surface area contributed by atoms with Crippen LogP contribution in [0.3, 0.4) is 0 Å². The number of carboxylic acid groups (broad SMARTS) is 2. The zero-order chi connectivity index (χ0) is 33.6. The molecule has 7 atom stereocenters. The summed E-state index contributed by atoms with van der Waals surface area (Å²) in [5.41, 5.74) is 2.01. The van der Waals surface area contributed by atoms with Gasteiger partial charge in [-0.25, -0.2) is 18.0 Å². The Hall–Kier alpha value is -3.96. The molecule has 0 radical (unpaired) electrons. The summed E-state index contributed by atoms with van der Waals surface area (Å²) in [6, 6.07) is 16.5. The summed E-state index contributed by atoms with van der Waals surface area (Å²) in [6.07, 6.45) is -6.50. The Bertz CT molecular complexity index is 1590. The van der Waals surface area contributed by atoms with Gasteiger partial charge in [0.25, 0.3) is 0 Å². The maximum atomic E-state index is 13.7. The SMILES string of the molecule is CC(OC1O[C@H](C(=O)O)[C@@H](O)[C@H](O)[C@H]1O)C(C)c1ccc(CN(Cc2cccc(OCC(=O)O)c2)S(=O)(=O)c2cccnc2)cc1. The molecule has 3 aromatic rings. The Kier molecular flexibility index (Phi) is 11.4. The number of rotatable bonds is 14. The van der Waals surface area contributed by atoms with E-state index in [1.165, 1.54) is 28.8 Å². The number of carboxylic acids is 2. The highest BCUT2D eigenvalue weighted by molar-refractivity contribution is 7.89. The minimum Gasteiger partial charge on any atom is -0.482 e.